The number of benzene rings is 1. The minimum absolute atomic E-state index is 0.351. The average Bonchev–Trinajstić information content (AvgIpc) is 2.28. The zero-order valence-corrected chi connectivity index (χ0v) is 11.8. The lowest BCUT2D eigenvalue weighted by Crippen LogP contribution is -2.14. The van der Waals surface area contributed by atoms with Gasteiger partial charge >= 0.3 is 0 Å². The molecule has 0 fully saturated rings. The van der Waals surface area contributed by atoms with E-state index in [1.54, 1.807) is 0 Å². The van der Waals surface area contributed by atoms with E-state index in [1.807, 2.05) is 18.2 Å². The van der Waals surface area contributed by atoms with Gasteiger partial charge in [0.1, 0.15) is 0 Å². The van der Waals surface area contributed by atoms with Crippen LogP contribution in [0.4, 0.5) is 0 Å². The van der Waals surface area contributed by atoms with Crippen LogP contribution < -0.4 is 0 Å². The highest BCUT2D eigenvalue weighted by molar-refractivity contribution is 9.09. The summed E-state index contributed by atoms with van der Waals surface area (Å²) in [5, 5.41) is 2.00. The number of hydrogen-bond acceptors (Lipinski definition) is 1. The molecule has 0 aromatic heterocycles. The average molecular weight is 336 g/mol. The van der Waals surface area contributed by atoms with Gasteiger partial charge in [0.2, 0.25) is 0 Å². The molecule has 0 heterocycles. The van der Waals surface area contributed by atoms with E-state index in [0.717, 1.165) is 23.5 Å². The van der Waals surface area contributed by atoms with E-state index in [1.165, 1.54) is 5.56 Å². The fraction of sp³-hybridized carbons (Fsp3) is 0.500. The monoisotopic (exact) mass is 334 g/mol. The fourth-order valence-corrected chi connectivity index (χ4v) is 2.36. The molecule has 0 amide bonds. The zero-order valence-electron chi connectivity index (χ0n) is 8.66. The summed E-state index contributed by atoms with van der Waals surface area (Å²) in [6.45, 7) is 0.714. The molecule has 1 nitrogen and oxygen atoms in total. The summed E-state index contributed by atoms with van der Waals surface area (Å²) < 4.78 is 5.85. The quantitative estimate of drug-likeness (QED) is 0.680. The summed E-state index contributed by atoms with van der Waals surface area (Å²) in [6.07, 6.45) is 2.49. The highest BCUT2D eigenvalue weighted by Crippen LogP contribution is 2.11. The Balaban J connectivity index is 2.33. The normalized spacial score (nSPS) is 10.9. The van der Waals surface area contributed by atoms with Crippen LogP contribution in [0.5, 0.6) is 0 Å². The van der Waals surface area contributed by atoms with Gasteiger partial charge in [-0.3, -0.25) is 0 Å². The van der Waals surface area contributed by atoms with Crippen LogP contribution in [0.1, 0.15) is 18.4 Å². The molecule has 0 aliphatic heterocycles. The molecule has 3 heteroatoms. The van der Waals surface area contributed by atoms with E-state index in [9.17, 15) is 0 Å². The second-order valence-corrected chi connectivity index (χ2v) is 4.96. The molecule has 15 heavy (non-hydrogen) atoms. The standard InChI is InChI=1S/C12H16Br2O/c13-8-6-12(7-9-14)15-10-11-4-2-1-3-5-11/h1-5,12H,6-10H2. The minimum atomic E-state index is 0.351. The van der Waals surface area contributed by atoms with Gasteiger partial charge < -0.3 is 4.74 Å². The summed E-state index contributed by atoms with van der Waals surface area (Å²) >= 11 is 6.90. The molecule has 0 saturated carbocycles. The highest BCUT2D eigenvalue weighted by atomic mass is 79.9. The van der Waals surface area contributed by atoms with Crippen molar-refractivity contribution in [3.63, 3.8) is 0 Å². The maximum atomic E-state index is 5.85. The van der Waals surface area contributed by atoms with Crippen molar-refractivity contribution in [2.24, 2.45) is 0 Å². The van der Waals surface area contributed by atoms with Gasteiger partial charge in [-0.15, -0.1) is 0 Å². The smallest absolute Gasteiger partial charge is 0.0720 e. The molecule has 1 rings (SSSR count). The third-order valence-electron chi connectivity index (χ3n) is 2.19. The molecule has 0 aliphatic carbocycles. The lowest BCUT2D eigenvalue weighted by molar-refractivity contribution is 0.0377. The largest absolute Gasteiger partial charge is 0.373 e. The van der Waals surface area contributed by atoms with Crippen molar-refractivity contribution in [1.82, 2.24) is 0 Å². The SMILES string of the molecule is BrCCC(CCBr)OCc1ccccc1. The molecule has 0 N–H and O–H groups in total. The molecule has 0 bridgehead atoms. The molecule has 0 atom stereocenters. The van der Waals surface area contributed by atoms with E-state index in [4.69, 9.17) is 4.74 Å². The summed E-state index contributed by atoms with van der Waals surface area (Å²) in [4.78, 5) is 0. The predicted octanol–water partition coefficient (Wildman–Crippen LogP) is 4.14. The Morgan fingerprint density at radius 1 is 1.00 bits per heavy atom. The summed E-state index contributed by atoms with van der Waals surface area (Å²) in [5.74, 6) is 0. The first kappa shape index (κ1) is 13.2. The van der Waals surface area contributed by atoms with Crippen LogP contribution in [0.25, 0.3) is 0 Å². The van der Waals surface area contributed by atoms with Gasteiger partial charge in [-0.2, -0.15) is 0 Å². The summed E-state index contributed by atoms with van der Waals surface area (Å²) in [5.41, 5.74) is 1.24. The molecule has 1 aromatic rings. The maximum Gasteiger partial charge on any atom is 0.0720 e. The molecular formula is C12H16Br2O. The van der Waals surface area contributed by atoms with Gasteiger partial charge in [-0.05, 0) is 18.4 Å². The number of hydrogen-bond donors (Lipinski definition) is 0. The first-order valence-electron chi connectivity index (χ1n) is 5.14. The molecule has 1 aromatic carbocycles. The van der Waals surface area contributed by atoms with Gasteiger partial charge in [0, 0.05) is 10.7 Å². The van der Waals surface area contributed by atoms with Gasteiger partial charge in [0.15, 0.2) is 0 Å². The van der Waals surface area contributed by atoms with Crippen molar-refractivity contribution >= 4 is 31.9 Å². The molecule has 0 spiro atoms. The number of ether oxygens (including phenoxy) is 1. The Labute approximate surface area is 108 Å². The first-order valence-corrected chi connectivity index (χ1v) is 7.38. The van der Waals surface area contributed by atoms with Crippen molar-refractivity contribution < 1.29 is 4.74 Å². The molecule has 0 radical (unpaired) electrons. The number of halogens is 2. The second kappa shape index (κ2) is 8.31. The highest BCUT2D eigenvalue weighted by Gasteiger charge is 2.07. The Morgan fingerprint density at radius 3 is 2.13 bits per heavy atom. The van der Waals surface area contributed by atoms with Crippen molar-refractivity contribution in [1.29, 1.82) is 0 Å². The van der Waals surface area contributed by atoms with Gasteiger partial charge in [-0.1, -0.05) is 62.2 Å². The van der Waals surface area contributed by atoms with Crippen LogP contribution in [0.15, 0.2) is 30.3 Å². The zero-order chi connectivity index (χ0) is 10.9. The van der Waals surface area contributed by atoms with Crippen LogP contribution in [-0.2, 0) is 11.3 Å². The fourth-order valence-electron chi connectivity index (χ4n) is 1.34. The van der Waals surface area contributed by atoms with E-state index >= 15 is 0 Å². The first-order chi connectivity index (χ1) is 7.36. The summed E-state index contributed by atoms with van der Waals surface area (Å²) in [7, 11) is 0. The van der Waals surface area contributed by atoms with E-state index in [0.29, 0.717) is 12.7 Å². The third-order valence-corrected chi connectivity index (χ3v) is 3.11. The molecular weight excluding hydrogens is 320 g/mol. The Morgan fingerprint density at radius 2 is 1.60 bits per heavy atom. The second-order valence-electron chi connectivity index (χ2n) is 3.37. The van der Waals surface area contributed by atoms with Crippen LogP contribution in [0.2, 0.25) is 0 Å². The van der Waals surface area contributed by atoms with Gasteiger partial charge in [0.05, 0.1) is 12.7 Å². The lowest BCUT2D eigenvalue weighted by atomic mass is 10.2. The van der Waals surface area contributed by atoms with E-state index in [2.05, 4.69) is 44.0 Å². The number of rotatable bonds is 7. The van der Waals surface area contributed by atoms with Crippen molar-refractivity contribution in [3.8, 4) is 0 Å². The van der Waals surface area contributed by atoms with Crippen LogP contribution in [0, 0.1) is 0 Å². The molecule has 0 saturated heterocycles. The minimum Gasteiger partial charge on any atom is -0.373 e. The Kier molecular flexibility index (Phi) is 7.32. The van der Waals surface area contributed by atoms with Crippen molar-refractivity contribution in [3.05, 3.63) is 35.9 Å². The van der Waals surface area contributed by atoms with E-state index in [-0.39, 0.29) is 0 Å². The third kappa shape index (κ3) is 5.69. The van der Waals surface area contributed by atoms with E-state index < -0.39 is 0 Å². The Hall–Kier alpha value is 0.140. The van der Waals surface area contributed by atoms with Crippen LogP contribution in [0.3, 0.4) is 0 Å². The van der Waals surface area contributed by atoms with Gasteiger partial charge in [-0.25, -0.2) is 0 Å². The van der Waals surface area contributed by atoms with Gasteiger partial charge in [0.25, 0.3) is 0 Å². The summed E-state index contributed by atoms with van der Waals surface area (Å²) in [6, 6.07) is 10.3. The maximum absolute atomic E-state index is 5.85. The number of alkyl halides is 2. The van der Waals surface area contributed by atoms with Crippen molar-refractivity contribution in [2.75, 3.05) is 10.7 Å². The lowest BCUT2D eigenvalue weighted by Gasteiger charge is -2.15. The van der Waals surface area contributed by atoms with Crippen molar-refractivity contribution in [2.45, 2.75) is 25.6 Å². The predicted molar refractivity (Wildman–Crippen MR) is 71.8 cm³/mol. The Bertz CT molecular complexity index is 245. The topological polar surface area (TPSA) is 9.23 Å². The molecule has 0 aliphatic rings. The van der Waals surface area contributed by atoms with Crippen LogP contribution in [-0.4, -0.2) is 16.8 Å². The molecule has 84 valence electrons. The van der Waals surface area contributed by atoms with Crippen LogP contribution >= 0.6 is 31.9 Å². The molecule has 0 unspecified atom stereocenters.